The van der Waals surface area contributed by atoms with E-state index in [1.54, 1.807) is 7.11 Å². The molecule has 1 aliphatic heterocycles. The second-order valence-electron chi connectivity index (χ2n) is 7.51. The van der Waals surface area contributed by atoms with Crippen molar-refractivity contribution in [2.45, 2.75) is 25.6 Å². The Bertz CT molecular complexity index is 1000. The van der Waals surface area contributed by atoms with Crippen LogP contribution in [-0.2, 0) is 16.1 Å². The highest BCUT2D eigenvalue weighted by Crippen LogP contribution is 2.41. The number of rotatable bonds is 5. The quantitative estimate of drug-likeness (QED) is 0.546. The summed E-state index contributed by atoms with van der Waals surface area (Å²) < 4.78 is 11.3. The number of nitrogens with zero attached hydrogens (tertiary/aromatic N) is 1. The average Bonchev–Trinajstić information content (AvgIpc) is 2.77. The summed E-state index contributed by atoms with van der Waals surface area (Å²) >= 11 is 6.12. The molecule has 1 saturated heterocycles. The second kappa shape index (κ2) is 8.90. The lowest BCUT2D eigenvalue weighted by Crippen LogP contribution is -2.45. The second-order valence-corrected chi connectivity index (χ2v) is 7.94. The average molecular weight is 422 g/mol. The fourth-order valence-electron chi connectivity index (χ4n) is 3.82. The highest BCUT2D eigenvalue weighted by Gasteiger charge is 2.38. The molecule has 0 spiro atoms. The van der Waals surface area contributed by atoms with Crippen molar-refractivity contribution in [3.05, 3.63) is 100 Å². The lowest BCUT2D eigenvalue weighted by atomic mass is 9.92. The number of hydrogen-bond acceptors (Lipinski definition) is 3. The zero-order chi connectivity index (χ0) is 21.1. The molecule has 3 aromatic carbocycles. The van der Waals surface area contributed by atoms with Gasteiger partial charge in [-0.25, -0.2) is 0 Å². The van der Waals surface area contributed by atoms with Crippen molar-refractivity contribution in [2.24, 2.45) is 0 Å². The van der Waals surface area contributed by atoms with Gasteiger partial charge in [0.05, 0.1) is 13.2 Å². The van der Waals surface area contributed by atoms with Gasteiger partial charge in [0.15, 0.2) is 0 Å². The normalized spacial score (nSPS) is 19.0. The minimum atomic E-state index is -0.261. The molecule has 1 heterocycles. The minimum absolute atomic E-state index is 0.0332. The van der Waals surface area contributed by atoms with E-state index in [1.165, 1.54) is 5.56 Å². The van der Waals surface area contributed by atoms with Crippen LogP contribution in [0.3, 0.4) is 0 Å². The van der Waals surface area contributed by atoms with Crippen LogP contribution in [0.1, 0.15) is 34.4 Å². The van der Waals surface area contributed by atoms with Crippen LogP contribution >= 0.6 is 11.6 Å². The molecule has 0 aromatic heterocycles. The number of halogens is 1. The maximum absolute atomic E-state index is 13.0. The van der Waals surface area contributed by atoms with Gasteiger partial charge in [0.25, 0.3) is 0 Å². The highest BCUT2D eigenvalue weighted by atomic mass is 35.5. The van der Waals surface area contributed by atoms with Crippen LogP contribution < -0.4 is 4.74 Å². The molecule has 0 radical (unpaired) electrons. The number of ether oxygens (including phenoxy) is 2. The Labute approximate surface area is 182 Å². The number of benzene rings is 3. The summed E-state index contributed by atoms with van der Waals surface area (Å²) in [5.41, 5.74) is 4.26. The summed E-state index contributed by atoms with van der Waals surface area (Å²) in [6.45, 7) is 2.60. The van der Waals surface area contributed by atoms with Gasteiger partial charge in [-0.05, 0) is 47.9 Å². The summed E-state index contributed by atoms with van der Waals surface area (Å²) in [7, 11) is 1.64. The van der Waals surface area contributed by atoms with Crippen LogP contribution in [0.5, 0.6) is 5.75 Å². The lowest BCUT2D eigenvalue weighted by Gasteiger charge is -2.41. The van der Waals surface area contributed by atoms with Gasteiger partial charge >= 0.3 is 0 Å². The SMILES string of the molecule is COc1ccc(CN2C(=O)COC(c3ccc(C)cc3)C2c2ccc(Cl)cc2)cc1. The first-order valence-corrected chi connectivity index (χ1v) is 10.3. The fourth-order valence-corrected chi connectivity index (χ4v) is 3.94. The Morgan fingerprint density at radius 3 is 2.23 bits per heavy atom. The van der Waals surface area contributed by atoms with Crippen LogP contribution in [0.4, 0.5) is 0 Å². The van der Waals surface area contributed by atoms with Crippen molar-refractivity contribution >= 4 is 17.5 Å². The predicted octanol–water partition coefficient (Wildman–Crippen LogP) is 5.50. The van der Waals surface area contributed by atoms with Crippen LogP contribution in [-0.4, -0.2) is 24.5 Å². The number of amides is 1. The van der Waals surface area contributed by atoms with Gasteiger partial charge in [-0.1, -0.05) is 65.7 Å². The third-order valence-corrected chi connectivity index (χ3v) is 5.71. The standard InChI is InChI=1S/C25H24ClNO3/c1-17-3-7-20(8-4-17)25-24(19-9-11-21(26)12-10-19)27(23(28)16-30-25)15-18-5-13-22(29-2)14-6-18/h3-14,24-25H,15-16H2,1-2H3. The first kappa shape index (κ1) is 20.5. The van der Waals surface area contributed by atoms with Gasteiger partial charge in [0.1, 0.15) is 18.5 Å². The number of hydrogen-bond donors (Lipinski definition) is 0. The molecule has 1 aliphatic rings. The molecule has 3 aromatic rings. The van der Waals surface area contributed by atoms with E-state index in [4.69, 9.17) is 21.1 Å². The van der Waals surface area contributed by atoms with E-state index in [-0.39, 0.29) is 24.7 Å². The molecule has 0 N–H and O–H groups in total. The maximum Gasteiger partial charge on any atom is 0.249 e. The molecule has 2 atom stereocenters. The molecule has 4 rings (SSSR count). The smallest absolute Gasteiger partial charge is 0.249 e. The molecule has 5 heteroatoms. The summed E-state index contributed by atoms with van der Waals surface area (Å²) in [4.78, 5) is 14.9. The van der Waals surface area contributed by atoms with Crippen molar-refractivity contribution in [1.29, 1.82) is 0 Å². The van der Waals surface area contributed by atoms with Crippen molar-refractivity contribution in [3.63, 3.8) is 0 Å². The third kappa shape index (κ3) is 4.35. The summed E-state index contributed by atoms with van der Waals surface area (Å²) in [5, 5.41) is 0.662. The third-order valence-electron chi connectivity index (χ3n) is 5.46. The van der Waals surface area contributed by atoms with E-state index >= 15 is 0 Å². The summed E-state index contributed by atoms with van der Waals surface area (Å²) in [5.74, 6) is 0.757. The van der Waals surface area contributed by atoms with Crippen LogP contribution in [0.15, 0.2) is 72.8 Å². The number of morpholine rings is 1. The minimum Gasteiger partial charge on any atom is -0.497 e. The topological polar surface area (TPSA) is 38.8 Å². The molecule has 1 fully saturated rings. The largest absolute Gasteiger partial charge is 0.497 e. The fraction of sp³-hybridized carbons (Fsp3) is 0.240. The Kier molecular flexibility index (Phi) is 6.07. The molecule has 4 nitrogen and oxygen atoms in total. The molecule has 1 amide bonds. The molecule has 0 aliphatic carbocycles. The van der Waals surface area contributed by atoms with Crippen LogP contribution in [0.25, 0.3) is 0 Å². The van der Waals surface area contributed by atoms with E-state index in [1.807, 2.05) is 53.4 Å². The molecule has 0 bridgehead atoms. The summed E-state index contributed by atoms with van der Waals surface area (Å²) in [6, 6.07) is 23.5. The highest BCUT2D eigenvalue weighted by molar-refractivity contribution is 6.30. The van der Waals surface area contributed by atoms with Gasteiger partial charge < -0.3 is 14.4 Å². The monoisotopic (exact) mass is 421 g/mol. The van der Waals surface area contributed by atoms with Crippen molar-refractivity contribution < 1.29 is 14.3 Å². The van der Waals surface area contributed by atoms with Crippen LogP contribution in [0, 0.1) is 6.92 Å². The molecular weight excluding hydrogens is 398 g/mol. The van der Waals surface area contributed by atoms with Crippen molar-refractivity contribution in [1.82, 2.24) is 4.90 Å². The van der Waals surface area contributed by atoms with Gasteiger partial charge in [0.2, 0.25) is 5.91 Å². The van der Waals surface area contributed by atoms with Gasteiger partial charge in [-0.15, -0.1) is 0 Å². The predicted molar refractivity (Wildman–Crippen MR) is 118 cm³/mol. The Morgan fingerprint density at radius 2 is 1.60 bits per heavy atom. The van der Waals surface area contributed by atoms with E-state index < -0.39 is 0 Å². The molecule has 30 heavy (non-hydrogen) atoms. The van der Waals surface area contributed by atoms with E-state index in [0.29, 0.717) is 11.6 Å². The lowest BCUT2D eigenvalue weighted by molar-refractivity contribution is -0.159. The summed E-state index contributed by atoms with van der Waals surface area (Å²) in [6.07, 6.45) is -0.261. The molecular formula is C25H24ClNO3. The van der Waals surface area contributed by atoms with Crippen molar-refractivity contribution in [2.75, 3.05) is 13.7 Å². The Hall–Kier alpha value is -2.82. The zero-order valence-corrected chi connectivity index (χ0v) is 17.8. The maximum atomic E-state index is 13.0. The number of aryl methyl sites for hydroxylation is 1. The van der Waals surface area contributed by atoms with E-state index in [9.17, 15) is 4.79 Å². The number of methoxy groups -OCH3 is 1. The number of carbonyl (C=O) groups excluding carboxylic acids is 1. The zero-order valence-electron chi connectivity index (χ0n) is 17.0. The van der Waals surface area contributed by atoms with E-state index in [0.717, 1.165) is 22.4 Å². The number of carbonyl (C=O) groups is 1. The van der Waals surface area contributed by atoms with Gasteiger partial charge in [-0.2, -0.15) is 0 Å². The van der Waals surface area contributed by atoms with Crippen molar-refractivity contribution in [3.8, 4) is 5.75 Å². The van der Waals surface area contributed by atoms with Gasteiger partial charge in [0, 0.05) is 11.6 Å². The first-order valence-electron chi connectivity index (χ1n) is 9.91. The van der Waals surface area contributed by atoms with Crippen LogP contribution in [0.2, 0.25) is 5.02 Å². The Morgan fingerprint density at radius 1 is 0.967 bits per heavy atom. The molecule has 154 valence electrons. The van der Waals surface area contributed by atoms with E-state index in [2.05, 4.69) is 31.2 Å². The Balaban J connectivity index is 1.72. The first-order chi connectivity index (χ1) is 14.5. The molecule has 2 unspecified atom stereocenters. The van der Waals surface area contributed by atoms with Gasteiger partial charge in [-0.3, -0.25) is 4.79 Å². The molecule has 0 saturated carbocycles.